The second-order valence-corrected chi connectivity index (χ2v) is 3.64. The molecular weight excluding hydrogens is 156 g/mol. The fourth-order valence-corrected chi connectivity index (χ4v) is 1.44. The molecule has 0 aliphatic rings. The first-order chi connectivity index (χ1) is 6.24. The van der Waals surface area contributed by atoms with Crippen molar-refractivity contribution in [2.24, 2.45) is 5.92 Å². The van der Waals surface area contributed by atoms with Crippen LogP contribution in [0.15, 0.2) is 35.9 Å². The van der Waals surface area contributed by atoms with Crippen LogP contribution in [-0.4, -0.2) is 0 Å². The maximum Gasteiger partial charge on any atom is -0.0257 e. The van der Waals surface area contributed by atoms with Gasteiger partial charge in [0.15, 0.2) is 0 Å². The van der Waals surface area contributed by atoms with Crippen LogP contribution in [0.4, 0.5) is 0 Å². The molecule has 0 aromatic heterocycles. The monoisotopic (exact) mass is 174 g/mol. The van der Waals surface area contributed by atoms with Gasteiger partial charge < -0.3 is 0 Å². The van der Waals surface area contributed by atoms with Gasteiger partial charge >= 0.3 is 0 Å². The maximum atomic E-state index is 2.30. The van der Waals surface area contributed by atoms with Crippen molar-refractivity contribution in [3.05, 3.63) is 41.5 Å². The Balaban J connectivity index is 2.85. The van der Waals surface area contributed by atoms with E-state index in [0.29, 0.717) is 5.92 Å². The van der Waals surface area contributed by atoms with E-state index in [4.69, 9.17) is 0 Å². The average Bonchev–Trinajstić information content (AvgIpc) is 2.15. The van der Waals surface area contributed by atoms with Gasteiger partial charge in [0.2, 0.25) is 0 Å². The molecule has 0 saturated carbocycles. The number of rotatable bonds is 3. The molecule has 70 valence electrons. The fourth-order valence-electron chi connectivity index (χ4n) is 1.44. The van der Waals surface area contributed by atoms with Crippen LogP contribution in [0.2, 0.25) is 0 Å². The van der Waals surface area contributed by atoms with E-state index < -0.39 is 0 Å². The van der Waals surface area contributed by atoms with E-state index >= 15 is 0 Å². The third kappa shape index (κ3) is 3.06. The first kappa shape index (κ1) is 10.0. The van der Waals surface area contributed by atoms with Crippen LogP contribution in [0.25, 0.3) is 6.08 Å². The SMILES string of the molecule is CCC(=Cc1ccccc1)C(C)C. The summed E-state index contributed by atoms with van der Waals surface area (Å²) in [7, 11) is 0. The Kier molecular flexibility index (Phi) is 3.75. The molecular formula is C13H18. The first-order valence-corrected chi connectivity index (χ1v) is 4.99. The molecule has 0 nitrogen and oxygen atoms in total. The van der Waals surface area contributed by atoms with Crippen LogP contribution in [0.1, 0.15) is 32.8 Å². The molecule has 0 radical (unpaired) electrons. The summed E-state index contributed by atoms with van der Waals surface area (Å²) >= 11 is 0. The summed E-state index contributed by atoms with van der Waals surface area (Å²) in [6.07, 6.45) is 3.44. The quantitative estimate of drug-likeness (QED) is 0.646. The summed E-state index contributed by atoms with van der Waals surface area (Å²) in [5.74, 6) is 0.658. The van der Waals surface area contributed by atoms with Crippen LogP contribution in [-0.2, 0) is 0 Å². The highest BCUT2D eigenvalue weighted by Crippen LogP contribution is 2.17. The molecule has 0 unspecified atom stereocenters. The molecule has 13 heavy (non-hydrogen) atoms. The molecule has 0 amide bonds. The minimum absolute atomic E-state index is 0.658. The van der Waals surface area contributed by atoms with Gasteiger partial charge in [-0.15, -0.1) is 0 Å². The Hall–Kier alpha value is -1.04. The Labute approximate surface area is 81.3 Å². The van der Waals surface area contributed by atoms with Gasteiger partial charge in [0.1, 0.15) is 0 Å². The molecule has 1 rings (SSSR count). The summed E-state index contributed by atoms with van der Waals surface area (Å²) < 4.78 is 0. The van der Waals surface area contributed by atoms with E-state index in [0.717, 1.165) is 6.42 Å². The highest BCUT2D eigenvalue weighted by molar-refractivity contribution is 5.52. The van der Waals surface area contributed by atoms with Crippen LogP contribution in [0.5, 0.6) is 0 Å². The molecule has 1 aromatic carbocycles. The predicted octanol–water partition coefficient (Wildman–Crippen LogP) is 4.14. The highest BCUT2D eigenvalue weighted by Gasteiger charge is 1.99. The molecule has 0 aliphatic carbocycles. The zero-order valence-corrected chi connectivity index (χ0v) is 8.75. The van der Waals surface area contributed by atoms with E-state index in [2.05, 4.69) is 57.2 Å². The lowest BCUT2D eigenvalue weighted by atomic mass is 9.98. The molecule has 0 N–H and O–H groups in total. The molecule has 0 saturated heterocycles. The molecule has 0 fully saturated rings. The Morgan fingerprint density at radius 3 is 2.31 bits per heavy atom. The standard InChI is InChI=1S/C13H18/c1-4-13(11(2)3)10-12-8-6-5-7-9-12/h5-11H,4H2,1-3H3. The van der Waals surface area contributed by atoms with Gasteiger partial charge in [-0.25, -0.2) is 0 Å². The van der Waals surface area contributed by atoms with Crippen molar-refractivity contribution < 1.29 is 0 Å². The second kappa shape index (κ2) is 4.86. The Morgan fingerprint density at radius 2 is 1.85 bits per heavy atom. The number of hydrogen-bond donors (Lipinski definition) is 0. The van der Waals surface area contributed by atoms with Crippen molar-refractivity contribution in [2.45, 2.75) is 27.2 Å². The van der Waals surface area contributed by atoms with Gasteiger partial charge in [-0.2, -0.15) is 0 Å². The zero-order valence-electron chi connectivity index (χ0n) is 8.75. The van der Waals surface area contributed by atoms with Gasteiger partial charge in [0.05, 0.1) is 0 Å². The van der Waals surface area contributed by atoms with E-state index in [1.54, 1.807) is 0 Å². The van der Waals surface area contributed by atoms with Crippen molar-refractivity contribution in [1.29, 1.82) is 0 Å². The summed E-state index contributed by atoms with van der Waals surface area (Å²) in [5.41, 5.74) is 2.83. The summed E-state index contributed by atoms with van der Waals surface area (Å²) in [6, 6.07) is 10.5. The third-order valence-electron chi connectivity index (χ3n) is 2.30. The number of hydrogen-bond acceptors (Lipinski definition) is 0. The highest BCUT2D eigenvalue weighted by atomic mass is 14.0. The zero-order chi connectivity index (χ0) is 9.68. The lowest BCUT2D eigenvalue weighted by Gasteiger charge is -2.08. The first-order valence-electron chi connectivity index (χ1n) is 4.99. The van der Waals surface area contributed by atoms with Gasteiger partial charge in [-0.3, -0.25) is 0 Å². The van der Waals surface area contributed by atoms with E-state index in [1.807, 2.05) is 0 Å². The summed E-state index contributed by atoms with van der Waals surface area (Å²) in [6.45, 7) is 6.71. The second-order valence-electron chi connectivity index (χ2n) is 3.64. The Bertz CT molecular complexity index is 267. The van der Waals surface area contributed by atoms with E-state index in [9.17, 15) is 0 Å². The molecule has 0 bridgehead atoms. The number of benzene rings is 1. The van der Waals surface area contributed by atoms with E-state index in [1.165, 1.54) is 11.1 Å². The smallest absolute Gasteiger partial charge is 0.0257 e. The summed E-state index contributed by atoms with van der Waals surface area (Å²) in [5, 5.41) is 0. The topological polar surface area (TPSA) is 0 Å². The van der Waals surface area contributed by atoms with Crippen LogP contribution >= 0.6 is 0 Å². The van der Waals surface area contributed by atoms with Crippen molar-refractivity contribution in [2.75, 3.05) is 0 Å². The Morgan fingerprint density at radius 1 is 1.23 bits per heavy atom. The van der Waals surface area contributed by atoms with E-state index in [-0.39, 0.29) is 0 Å². The van der Waals surface area contributed by atoms with Gasteiger partial charge in [0.25, 0.3) is 0 Å². The lowest BCUT2D eigenvalue weighted by Crippen LogP contribution is -1.91. The third-order valence-corrected chi connectivity index (χ3v) is 2.30. The molecule has 0 spiro atoms. The van der Waals surface area contributed by atoms with Gasteiger partial charge in [-0.1, -0.05) is 62.8 Å². The van der Waals surface area contributed by atoms with Crippen molar-refractivity contribution >= 4 is 6.08 Å². The maximum absolute atomic E-state index is 2.30. The van der Waals surface area contributed by atoms with Crippen molar-refractivity contribution in [3.8, 4) is 0 Å². The average molecular weight is 174 g/mol. The van der Waals surface area contributed by atoms with Crippen LogP contribution < -0.4 is 0 Å². The predicted molar refractivity (Wildman–Crippen MR) is 59.5 cm³/mol. The molecule has 0 heteroatoms. The normalized spacial score (nSPS) is 12.2. The molecule has 0 heterocycles. The minimum atomic E-state index is 0.658. The number of allylic oxidation sites excluding steroid dienone is 1. The lowest BCUT2D eigenvalue weighted by molar-refractivity contribution is 0.739. The minimum Gasteiger partial charge on any atom is -0.0673 e. The van der Waals surface area contributed by atoms with Crippen molar-refractivity contribution in [3.63, 3.8) is 0 Å². The van der Waals surface area contributed by atoms with Gasteiger partial charge in [-0.05, 0) is 17.9 Å². The van der Waals surface area contributed by atoms with Gasteiger partial charge in [0, 0.05) is 0 Å². The van der Waals surface area contributed by atoms with Crippen molar-refractivity contribution in [1.82, 2.24) is 0 Å². The molecule has 1 aromatic rings. The van der Waals surface area contributed by atoms with Crippen LogP contribution in [0.3, 0.4) is 0 Å². The van der Waals surface area contributed by atoms with Crippen LogP contribution in [0, 0.1) is 5.92 Å². The fraction of sp³-hybridized carbons (Fsp3) is 0.385. The molecule has 0 aliphatic heterocycles. The summed E-state index contributed by atoms with van der Waals surface area (Å²) in [4.78, 5) is 0. The largest absolute Gasteiger partial charge is 0.0673 e. The molecule has 0 atom stereocenters.